The molecule has 3 aliphatic rings. The highest BCUT2D eigenvalue weighted by atomic mass is 35.5. The molecule has 0 radical (unpaired) electrons. The molecule has 1 aromatic heterocycles. The molecule has 0 aliphatic carbocycles. The lowest BCUT2D eigenvalue weighted by Gasteiger charge is -2.40. The van der Waals surface area contributed by atoms with Gasteiger partial charge in [0, 0.05) is 42.7 Å². The molecular formula is C25H24ClF3N4O4S. The van der Waals surface area contributed by atoms with Crippen LogP contribution in [-0.2, 0) is 14.3 Å². The number of amidine groups is 1. The Bertz CT molecular complexity index is 1320. The average molecular weight is 569 g/mol. The van der Waals surface area contributed by atoms with Crippen molar-refractivity contribution >= 4 is 40.7 Å². The molecule has 3 aliphatic heterocycles. The lowest BCUT2D eigenvalue weighted by Crippen LogP contribution is -2.50. The van der Waals surface area contributed by atoms with E-state index in [4.69, 9.17) is 16.3 Å². The first-order chi connectivity index (χ1) is 18.1. The molecule has 4 atom stereocenters. The predicted molar refractivity (Wildman–Crippen MR) is 134 cm³/mol. The molecule has 2 N–H and O–H groups in total. The zero-order chi connectivity index (χ0) is 27.2. The molecule has 2 saturated heterocycles. The van der Waals surface area contributed by atoms with Gasteiger partial charge in [-0.2, -0.15) is 0 Å². The lowest BCUT2D eigenvalue weighted by atomic mass is 9.87. The quantitative estimate of drug-likeness (QED) is 0.477. The van der Waals surface area contributed by atoms with Crippen LogP contribution in [0.2, 0.25) is 5.02 Å². The number of methoxy groups -OCH3 is 1. The summed E-state index contributed by atoms with van der Waals surface area (Å²) >= 11 is 7.16. The normalized spacial score (nSPS) is 26.6. The number of carbonyl (C=O) groups excluding carboxylic acids is 1. The Labute approximate surface area is 225 Å². The van der Waals surface area contributed by atoms with Crippen molar-refractivity contribution < 1.29 is 32.6 Å². The van der Waals surface area contributed by atoms with Crippen LogP contribution in [0, 0.1) is 11.7 Å². The van der Waals surface area contributed by atoms with E-state index in [1.165, 1.54) is 30.6 Å². The van der Waals surface area contributed by atoms with Gasteiger partial charge in [0.05, 0.1) is 23.7 Å². The van der Waals surface area contributed by atoms with Gasteiger partial charge in [0.25, 0.3) is 5.92 Å². The summed E-state index contributed by atoms with van der Waals surface area (Å²) in [5.41, 5.74) is 0.681. The van der Waals surface area contributed by atoms with E-state index in [1.54, 1.807) is 22.5 Å². The molecule has 2 aromatic rings. The first-order valence-electron chi connectivity index (χ1n) is 11.9. The Kier molecular flexibility index (Phi) is 7.23. The van der Waals surface area contributed by atoms with Crippen molar-refractivity contribution in [3.63, 3.8) is 0 Å². The number of halogens is 4. The van der Waals surface area contributed by atoms with Gasteiger partial charge < -0.3 is 15.2 Å². The zero-order valence-electron chi connectivity index (χ0n) is 20.2. The minimum atomic E-state index is -3.01. The summed E-state index contributed by atoms with van der Waals surface area (Å²) in [5.74, 6) is -5.52. The van der Waals surface area contributed by atoms with Crippen LogP contribution < -0.4 is 5.32 Å². The maximum Gasteiger partial charge on any atom is 0.338 e. The van der Waals surface area contributed by atoms with Crippen molar-refractivity contribution in [1.82, 2.24) is 15.2 Å². The summed E-state index contributed by atoms with van der Waals surface area (Å²) in [6.45, 7) is -0.0634. The minimum Gasteiger partial charge on any atom is -0.481 e. The maximum atomic E-state index is 15.1. The Morgan fingerprint density at radius 1 is 1.34 bits per heavy atom. The number of esters is 1. The number of aromatic nitrogens is 1. The molecule has 8 nitrogen and oxygen atoms in total. The van der Waals surface area contributed by atoms with E-state index in [1.807, 2.05) is 0 Å². The third-order valence-corrected chi connectivity index (χ3v) is 8.34. The molecule has 4 heterocycles. The van der Waals surface area contributed by atoms with Crippen molar-refractivity contribution in [2.45, 2.75) is 49.7 Å². The predicted octanol–water partition coefficient (Wildman–Crippen LogP) is 4.42. The number of carbonyl (C=O) groups is 2. The van der Waals surface area contributed by atoms with Gasteiger partial charge in [-0.15, -0.1) is 11.3 Å². The number of hydrogen-bond acceptors (Lipinski definition) is 8. The van der Waals surface area contributed by atoms with E-state index in [2.05, 4.69) is 15.3 Å². The van der Waals surface area contributed by atoms with E-state index in [9.17, 15) is 19.1 Å². The largest absolute Gasteiger partial charge is 0.481 e. The standard InChI is InChI=1S/C25H24ClF3N4O4S/c1-37-24(36)20-17(11-33-14-6-12(8-19(34)35)7-18(33)25(28,29)10-14)31-22(23-30-4-5-38-23)32-21(20)13-2-3-15(26)16(27)9-13/h2-5,9,12,14,18,21H,6-8,10-11H2,1H3,(H,31,32)(H,34,35)/t12?,14-,18+,21+/m1/s1. The van der Waals surface area contributed by atoms with Gasteiger partial charge in [0.15, 0.2) is 10.8 Å². The SMILES string of the molecule is COC(=O)C1=C(CN2[C@@H]3CC(CC(=O)O)C[C@H]2C(F)(F)C3)NC(c2nccs2)=N[C@H]1c1ccc(Cl)c(F)c1. The van der Waals surface area contributed by atoms with Crippen LogP contribution in [0.1, 0.15) is 42.3 Å². The summed E-state index contributed by atoms with van der Waals surface area (Å²) < 4.78 is 49.6. The number of carboxylic acid groups (broad SMARTS) is 1. The van der Waals surface area contributed by atoms with Crippen LogP contribution in [0.15, 0.2) is 46.0 Å². The zero-order valence-corrected chi connectivity index (χ0v) is 21.7. The summed E-state index contributed by atoms with van der Waals surface area (Å²) in [7, 11) is 1.20. The maximum absolute atomic E-state index is 15.1. The highest BCUT2D eigenvalue weighted by molar-refractivity contribution is 7.11. The van der Waals surface area contributed by atoms with Crippen LogP contribution in [0.5, 0.6) is 0 Å². The number of nitrogens with one attached hydrogen (secondary N) is 1. The first kappa shape index (κ1) is 26.6. The van der Waals surface area contributed by atoms with Crippen LogP contribution in [0.25, 0.3) is 0 Å². The van der Waals surface area contributed by atoms with Crippen LogP contribution in [0.4, 0.5) is 13.2 Å². The van der Waals surface area contributed by atoms with Gasteiger partial charge in [-0.1, -0.05) is 17.7 Å². The lowest BCUT2D eigenvalue weighted by molar-refractivity contribution is -0.139. The molecule has 2 bridgehead atoms. The van der Waals surface area contributed by atoms with Crippen LogP contribution in [-0.4, -0.2) is 64.4 Å². The highest BCUT2D eigenvalue weighted by Gasteiger charge is 2.57. The number of fused-ring (bicyclic) bond motifs is 2. The van der Waals surface area contributed by atoms with E-state index >= 15 is 8.78 Å². The van der Waals surface area contributed by atoms with Gasteiger partial charge in [-0.25, -0.2) is 22.9 Å². The van der Waals surface area contributed by atoms with E-state index in [0.717, 1.165) is 0 Å². The number of thiazole rings is 1. The van der Waals surface area contributed by atoms with E-state index in [0.29, 0.717) is 28.5 Å². The second kappa shape index (κ2) is 10.3. The summed E-state index contributed by atoms with van der Waals surface area (Å²) in [5, 5.41) is 14.5. The molecule has 0 amide bonds. The highest BCUT2D eigenvalue weighted by Crippen LogP contribution is 2.49. The number of carboxylic acids is 1. The van der Waals surface area contributed by atoms with Gasteiger partial charge in [0.2, 0.25) is 0 Å². The van der Waals surface area contributed by atoms with Gasteiger partial charge in [-0.05, 0) is 36.5 Å². The number of alkyl halides is 2. The van der Waals surface area contributed by atoms with Gasteiger partial charge >= 0.3 is 11.9 Å². The first-order valence-corrected chi connectivity index (χ1v) is 13.2. The summed E-state index contributed by atoms with van der Waals surface area (Å²) in [4.78, 5) is 34.9. The second-order valence-corrected chi connectivity index (χ2v) is 10.9. The Morgan fingerprint density at radius 2 is 2.13 bits per heavy atom. The van der Waals surface area contributed by atoms with Gasteiger partial charge in [-0.3, -0.25) is 14.7 Å². The molecule has 13 heteroatoms. The molecule has 5 rings (SSSR count). The fourth-order valence-electron chi connectivity index (χ4n) is 5.67. The van der Waals surface area contributed by atoms with Gasteiger partial charge in [0.1, 0.15) is 11.9 Å². The molecule has 38 heavy (non-hydrogen) atoms. The Balaban J connectivity index is 1.56. The second-order valence-electron chi connectivity index (χ2n) is 9.64. The molecule has 0 saturated carbocycles. The van der Waals surface area contributed by atoms with Crippen molar-refractivity contribution in [1.29, 1.82) is 0 Å². The number of aliphatic imine (C=N–C) groups is 1. The summed E-state index contributed by atoms with van der Waals surface area (Å²) in [6, 6.07) is 1.31. The number of hydrogen-bond donors (Lipinski definition) is 2. The van der Waals surface area contributed by atoms with E-state index in [-0.39, 0.29) is 35.9 Å². The third-order valence-electron chi connectivity index (χ3n) is 7.26. The molecule has 1 unspecified atom stereocenters. The molecule has 1 aromatic carbocycles. The summed E-state index contributed by atoms with van der Waals surface area (Å²) in [6.07, 6.45) is 1.34. The molecule has 0 spiro atoms. The number of piperidine rings is 1. The number of rotatable bonds is 7. The smallest absolute Gasteiger partial charge is 0.338 e. The van der Waals surface area contributed by atoms with E-state index < -0.39 is 48.2 Å². The molecule has 2 fully saturated rings. The van der Waals surface area contributed by atoms with Crippen molar-refractivity contribution in [2.24, 2.45) is 10.9 Å². The topological polar surface area (TPSA) is 104 Å². The monoisotopic (exact) mass is 568 g/mol. The van der Waals surface area contributed by atoms with Crippen LogP contribution in [0.3, 0.4) is 0 Å². The number of nitrogens with zero attached hydrogens (tertiary/aromatic N) is 3. The number of benzene rings is 1. The Morgan fingerprint density at radius 3 is 2.76 bits per heavy atom. The number of ether oxygens (including phenoxy) is 1. The average Bonchev–Trinajstić information content (AvgIpc) is 3.44. The van der Waals surface area contributed by atoms with Crippen molar-refractivity contribution in [2.75, 3.05) is 13.7 Å². The number of aliphatic carboxylic acids is 1. The Hall–Kier alpha value is -2.96. The van der Waals surface area contributed by atoms with Crippen molar-refractivity contribution in [3.05, 3.63) is 62.5 Å². The minimum absolute atomic E-state index is 0.0237. The fourth-order valence-corrected chi connectivity index (χ4v) is 6.37. The molecular weight excluding hydrogens is 545 g/mol. The third kappa shape index (κ3) is 5.04. The van der Waals surface area contributed by atoms with Crippen LogP contribution >= 0.6 is 22.9 Å². The molecule has 202 valence electrons. The van der Waals surface area contributed by atoms with Crippen molar-refractivity contribution in [3.8, 4) is 0 Å². The fraction of sp³-hybridized carbons (Fsp3) is 0.440.